The molecular weight excluding hydrogens is 352 g/mol. The van der Waals surface area contributed by atoms with E-state index in [1.54, 1.807) is 6.07 Å². The number of benzene rings is 1. The van der Waals surface area contributed by atoms with Gasteiger partial charge in [-0.1, -0.05) is 0 Å². The van der Waals surface area contributed by atoms with E-state index in [0.29, 0.717) is 17.8 Å². The molecule has 1 fully saturated rings. The molecule has 1 aliphatic rings. The average molecular weight is 367 g/mol. The summed E-state index contributed by atoms with van der Waals surface area (Å²) < 4.78 is 48.9. The fourth-order valence-corrected chi connectivity index (χ4v) is 4.18. The van der Waals surface area contributed by atoms with Crippen LogP contribution in [0.5, 0.6) is 0 Å². The number of carbonyl (C=O) groups is 1. The fraction of sp³-hybridized carbons (Fsp3) is 0.250. The summed E-state index contributed by atoms with van der Waals surface area (Å²) in [5, 5.41) is 5.48. The molecule has 1 aromatic carbocycles. The van der Waals surface area contributed by atoms with Crippen molar-refractivity contribution < 1.29 is 22.0 Å². The van der Waals surface area contributed by atoms with Crippen LogP contribution in [0.3, 0.4) is 0 Å². The third kappa shape index (κ3) is 4.30. The molecule has 1 unspecified atom stereocenters. The lowest BCUT2D eigenvalue weighted by Crippen LogP contribution is -2.36. The van der Waals surface area contributed by atoms with E-state index in [9.17, 15) is 22.0 Å². The van der Waals surface area contributed by atoms with Gasteiger partial charge in [0.25, 0.3) is 5.91 Å². The van der Waals surface area contributed by atoms with Crippen LogP contribution in [0.15, 0.2) is 36.5 Å². The second-order valence-corrected chi connectivity index (χ2v) is 7.99. The number of rotatable bonds is 4. The fourth-order valence-electron chi connectivity index (χ4n) is 2.51. The van der Waals surface area contributed by atoms with Gasteiger partial charge in [-0.3, -0.25) is 4.79 Å². The van der Waals surface area contributed by atoms with Gasteiger partial charge in [0.05, 0.1) is 23.4 Å². The minimum Gasteiger partial charge on any atom is -0.354 e. The Labute approximate surface area is 143 Å². The molecule has 0 spiro atoms. The number of pyridine rings is 1. The van der Waals surface area contributed by atoms with Gasteiger partial charge in [0, 0.05) is 17.8 Å². The van der Waals surface area contributed by atoms with Crippen LogP contribution in [-0.2, 0) is 9.84 Å². The summed E-state index contributed by atoms with van der Waals surface area (Å²) in [6.07, 6.45) is 1.77. The minimum absolute atomic E-state index is 0.0610. The highest BCUT2D eigenvalue weighted by atomic mass is 32.2. The van der Waals surface area contributed by atoms with E-state index < -0.39 is 33.4 Å². The van der Waals surface area contributed by atoms with Crippen molar-refractivity contribution in [3.63, 3.8) is 0 Å². The van der Waals surface area contributed by atoms with E-state index in [0.717, 1.165) is 12.1 Å². The van der Waals surface area contributed by atoms with Crippen LogP contribution in [0.25, 0.3) is 0 Å². The summed E-state index contributed by atoms with van der Waals surface area (Å²) >= 11 is 0. The lowest BCUT2D eigenvalue weighted by atomic mass is 10.2. The number of amides is 1. The van der Waals surface area contributed by atoms with Crippen LogP contribution in [-0.4, -0.2) is 36.9 Å². The van der Waals surface area contributed by atoms with Gasteiger partial charge in [0.1, 0.15) is 5.69 Å². The molecule has 1 amide bonds. The van der Waals surface area contributed by atoms with Crippen molar-refractivity contribution in [2.75, 3.05) is 16.8 Å². The Morgan fingerprint density at radius 3 is 2.48 bits per heavy atom. The van der Waals surface area contributed by atoms with Gasteiger partial charge in [-0.05, 0) is 30.7 Å². The Morgan fingerprint density at radius 2 is 1.88 bits per heavy atom. The van der Waals surface area contributed by atoms with Crippen LogP contribution in [0, 0.1) is 11.6 Å². The van der Waals surface area contributed by atoms with Gasteiger partial charge in [0.2, 0.25) is 0 Å². The Hall–Kier alpha value is -2.55. The average Bonchev–Trinajstić information content (AvgIpc) is 2.90. The Bertz CT molecular complexity index is 901. The van der Waals surface area contributed by atoms with Crippen molar-refractivity contribution in [1.82, 2.24) is 10.3 Å². The molecule has 0 radical (unpaired) electrons. The second-order valence-electron chi connectivity index (χ2n) is 5.76. The Morgan fingerprint density at radius 1 is 1.12 bits per heavy atom. The quantitative estimate of drug-likeness (QED) is 0.863. The number of nitrogens with one attached hydrogen (secondary N) is 2. The zero-order valence-corrected chi connectivity index (χ0v) is 13.8. The smallest absolute Gasteiger partial charge is 0.270 e. The maximum Gasteiger partial charge on any atom is 0.270 e. The molecule has 1 saturated heterocycles. The molecule has 0 aliphatic carbocycles. The molecule has 25 heavy (non-hydrogen) atoms. The standard InChI is InChI=1S/C16H15F2N3O3S/c17-13-3-1-10(7-14(13)18)20-11-2-4-15(19-8-11)16(22)21-12-5-6-25(23,24)9-12/h1-4,7-8,12,20H,5-6,9H2,(H,21,22). The third-order valence-electron chi connectivity index (χ3n) is 3.77. The lowest BCUT2D eigenvalue weighted by molar-refractivity contribution is 0.0936. The molecule has 9 heteroatoms. The number of hydrogen-bond donors (Lipinski definition) is 2. The molecule has 2 heterocycles. The predicted molar refractivity (Wildman–Crippen MR) is 88.4 cm³/mol. The highest BCUT2D eigenvalue weighted by Crippen LogP contribution is 2.19. The van der Waals surface area contributed by atoms with Gasteiger partial charge >= 0.3 is 0 Å². The summed E-state index contributed by atoms with van der Waals surface area (Å²) in [6, 6.07) is 6.01. The number of halogens is 2. The lowest BCUT2D eigenvalue weighted by Gasteiger charge is -2.11. The third-order valence-corrected chi connectivity index (χ3v) is 5.54. The van der Waals surface area contributed by atoms with Gasteiger partial charge < -0.3 is 10.6 Å². The maximum absolute atomic E-state index is 13.2. The molecule has 1 atom stereocenters. The minimum atomic E-state index is -3.07. The summed E-state index contributed by atoms with van der Waals surface area (Å²) in [5.41, 5.74) is 0.972. The van der Waals surface area contributed by atoms with Crippen molar-refractivity contribution in [3.8, 4) is 0 Å². The maximum atomic E-state index is 13.2. The van der Waals surface area contributed by atoms with E-state index in [4.69, 9.17) is 0 Å². The molecular formula is C16H15F2N3O3S. The SMILES string of the molecule is O=C(NC1CCS(=O)(=O)C1)c1ccc(Nc2ccc(F)c(F)c2)cn1. The first-order valence-electron chi connectivity index (χ1n) is 7.52. The van der Waals surface area contributed by atoms with Crippen molar-refractivity contribution in [2.24, 2.45) is 0 Å². The molecule has 132 valence electrons. The van der Waals surface area contributed by atoms with Crippen LogP contribution >= 0.6 is 0 Å². The zero-order chi connectivity index (χ0) is 18.0. The normalized spacial score (nSPS) is 18.7. The van der Waals surface area contributed by atoms with E-state index in [-0.39, 0.29) is 17.2 Å². The van der Waals surface area contributed by atoms with Crippen molar-refractivity contribution in [3.05, 3.63) is 53.9 Å². The number of nitrogens with zero attached hydrogens (tertiary/aromatic N) is 1. The molecule has 1 aromatic heterocycles. The van der Waals surface area contributed by atoms with E-state index in [2.05, 4.69) is 15.6 Å². The summed E-state index contributed by atoms with van der Waals surface area (Å²) in [6.45, 7) is 0. The van der Waals surface area contributed by atoms with E-state index in [1.165, 1.54) is 18.3 Å². The first-order chi connectivity index (χ1) is 11.8. The first-order valence-corrected chi connectivity index (χ1v) is 9.34. The first kappa shape index (κ1) is 17.3. The highest BCUT2D eigenvalue weighted by Gasteiger charge is 2.29. The monoisotopic (exact) mass is 367 g/mol. The van der Waals surface area contributed by atoms with Gasteiger partial charge in [0.15, 0.2) is 21.5 Å². The van der Waals surface area contributed by atoms with E-state index >= 15 is 0 Å². The number of sulfone groups is 1. The van der Waals surface area contributed by atoms with Crippen molar-refractivity contribution in [2.45, 2.75) is 12.5 Å². The van der Waals surface area contributed by atoms with Crippen LogP contribution in [0.1, 0.15) is 16.9 Å². The van der Waals surface area contributed by atoms with E-state index in [1.807, 2.05) is 0 Å². The zero-order valence-electron chi connectivity index (χ0n) is 13.0. The molecule has 3 rings (SSSR count). The number of hydrogen-bond acceptors (Lipinski definition) is 5. The predicted octanol–water partition coefficient (Wildman–Crippen LogP) is 2.02. The Balaban J connectivity index is 1.63. The van der Waals surface area contributed by atoms with Gasteiger partial charge in [-0.15, -0.1) is 0 Å². The van der Waals surface area contributed by atoms with Gasteiger partial charge in [-0.25, -0.2) is 22.2 Å². The number of aromatic nitrogens is 1. The molecule has 0 bridgehead atoms. The second kappa shape index (κ2) is 6.75. The Kier molecular flexibility index (Phi) is 4.67. The summed E-state index contributed by atoms with van der Waals surface area (Å²) in [4.78, 5) is 16.1. The number of carbonyl (C=O) groups excluding carboxylic acids is 1. The van der Waals surface area contributed by atoms with Crippen molar-refractivity contribution >= 4 is 27.1 Å². The highest BCUT2D eigenvalue weighted by molar-refractivity contribution is 7.91. The van der Waals surface area contributed by atoms with Crippen molar-refractivity contribution in [1.29, 1.82) is 0 Å². The molecule has 1 aliphatic heterocycles. The van der Waals surface area contributed by atoms with Crippen LogP contribution in [0.4, 0.5) is 20.2 Å². The molecule has 6 nitrogen and oxygen atoms in total. The topological polar surface area (TPSA) is 88.2 Å². The van der Waals surface area contributed by atoms with Crippen LogP contribution in [0.2, 0.25) is 0 Å². The molecule has 2 aromatic rings. The number of anilines is 2. The molecule has 0 saturated carbocycles. The summed E-state index contributed by atoms with van der Waals surface area (Å²) in [7, 11) is -3.07. The summed E-state index contributed by atoms with van der Waals surface area (Å²) in [5.74, 6) is -2.36. The molecule has 2 N–H and O–H groups in total. The largest absolute Gasteiger partial charge is 0.354 e. The van der Waals surface area contributed by atoms with Crippen LogP contribution < -0.4 is 10.6 Å². The van der Waals surface area contributed by atoms with Gasteiger partial charge in [-0.2, -0.15) is 0 Å².